The Bertz CT molecular complexity index is 805. The first-order valence-electron chi connectivity index (χ1n) is 6.54. The van der Waals surface area contributed by atoms with Crippen molar-refractivity contribution >= 4 is 12.1 Å². The third-order valence-electron chi connectivity index (χ3n) is 3.66. The highest BCUT2D eigenvalue weighted by Crippen LogP contribution is 2.40. The molecule has 3 rings (SSSR count). The molecular formula is C16H11N3O2. The molecule has 0 radical (unpaired) electrons. The molecule has 5 heteroatoms. The first-order chi connectivity index (χ1) is 10.3. The lowest BCUT2D eigenvalue weighted by Gasteiger charge is -2.08. The Morgan fingerprint density at radius 2 is 1.86 bits per heavy atom. The Hall–Kier alpha value is -2.91. The predicted molar refractivity (Wildman–Crippen MR) is 78.4 cm³/mol. The summed E-state index contributed by atoms with van der Waals surface area (Å²) in [6, 6.07) is 10.8. The lowest BCUT2D eigenvalue weighted by atomic mass is 9.94. The number of hydrogen-bond donors (Lipinski definition) is 0. The van der Waals surface area contributed by atoms with Gasteiger partial charge in [0.05, 0.1) is 0 Å². The molecule has 102 valence electrons. The smallest absolute Gasteiger partial charge is 0.194 e. The molecule has 21 heavy (non-hydrogen) atoms. The molecule has 0 atom stereocenters. The summed E-state index contributed by atoms with van der Waals surface area (Å²) in [5, 5.41) is 3.51. The van der Waals surface area contributed by atoms with Gasteiger partial charge in [-0.25, -0.2) is 0 Å². The molecule has 5 nitrogen and oxygen atoms in total. The molecule has 0 N–H and O–H groups in total. The van der Waals surface area contributed by atoms with E-state index >= 15 is 0 Å². The second-order valence-corrected chi connectivity index (χ2v) is 4.76. The SMILES string of the molecule is [N-]=[N+]=NCCc1ccc(C=O)c2c1C(=O)c1ccccc1-2. The average Bonchev–Trinajstić information content (AvgIpc) is 2.82. The van der Waals surface area contributed by atoms with Crippen molar-refractivity contribution < 1.29 is 9.59 Å². The first-order valence-corrected chi connectivity index (χ1v) is 6.54. The topological polar surface area (TPSA) is 82.9 Å². The molecule has 0 unspecified atom stereocenters. The van der Waals surface area contributed by atoms with Crippen LogP contribution in [0.1, 0.15) is 31.8 Å². The monoisotopic (exact) mass is 277 g/mol. The maximum Gasteiger partial charge on any atom is 0.194 e. The second-order valence-electron chi connectivity index (χ2n) is 4.76. The van der Waals surface area contributed by atoms with Crippen molar-refractivity contribution in [1.82, 2.24) is 0 Å². The third-order valence-corrected chi connectivity index (χ3v) is 3.66. The van der Waals surface area contributed by atoms with Crippen LogP contribution in [0.3, 0.4) is 0 Å². The molecular weight excluding hydrogens is 266 g/mol. The van der Waals surface area contributed by atoms with Crippen molar-refractivity contribution in [3.05, 3.63) is 69.1 Å². The largest absolute Gasteiger partial charge is 0.298 e. The fourth-order valence-corrected chi connectivity index (χ4v) is 2.77. The molecule has 0 aromatic heterocycles. The average molecular weight is 277 g/mol. The number of fused-ring (bicyclic) bond motifs is 3. The zero-order valence-corrected chi connectivity index (χ0v) is 11.1. The number of carbonyl (C=O) groups is 2. The van der Waals surface area contributed by atoms with Gasteiger partial charge >= 0.3 is 0 Å². The van der Waals surface area contributed by atoms with Gasteiger partial charge in [-0.1, -0.05) is 41.5 Å². The molecule has 0 fully saturated rings. The summed E-state index contributed by atoms with van der Waals surface area (Å²) in [5.41, 5.74) is 12.4. The number of benzene rings is 2. The molecule has 0 heterocycles. The second kappa shape index (κ2) is 5.23. The van der Waals surface area contributed by atoms with Gasteiger partial charge in [0.2, 0.25) is 0 Å². The van der Waals surface area contributed by atoms with Crippen molar-refractivity contribution in [2.45, 2.75) is 6.42 Å². The molecule has 1 aliphatic carbocycles. The van der Waals surface area contributed by atoms with Gasteiger partial charge in [0.15, 0.2) is 12.1 Å². The number of hydrogen-bond acceptors (Lipinski definition) is 3. The van der Waals surface area contributed by atoms with Crippen LogP contribution in [0.2, 0.25) is 0 Å². The molecule has 0 spiro atoms. The quantitative estimate of drug-likeness (QED) is 0.316. The summed E-state index contributed by atoms with van der Waals surface area (Å²) >= 11 is 0. The molecule has 0 amide bonds. The zero-order valence-electron chi connectivity index (χ0n) is 11.1. The van der Waals surface area contributed by atoms with E-state index in [1.54, 1.807) is 18.2 Å². The van der Waals surface area contributed by atoms with E-state index < -0.39 is 0 Å². The van der Waals surface area contributed by atoms with E-state index in [4.69, 9.17) is 5.53 Å². The number of azide groups is 1. The van der Waals surface area contributed by atoms with Crippen molar-refractivity contribution in [1.29, 1.82) is 0 Å². The Morgan fingerprint density at radius 3 is 2.57 bits per heavy atom. The Kier molecular flexibility index (Phi) is 3.26. The van der Waals surface area contributed by atoms with Crippen LogP contribution in [0.25, 0.3) is 21.6 Å². The van der Waals surface area contributed by atoms with Gasteiger partial charge in [-0.3, -0.25) is 9.59 Å². The van der Waals surface area contributed by atoms with E-state index in [1.807, 2.05) is 18.2 Å². The summed E-state index contributed by atoms with van der Waals surface area (Å²) in [6.07, 6.45) is 1.25. The highest BCUT2D eigenvalue weighted by molar-refractivity contribution is 6.24. The van der Waals surface area contributed by atoms with Crippen molar-refractivity contribution in [3.8, 4) is 11.1 Å². The maximum absolute atomic E-state index is 12.6. The maximum atomic E-state index is 12.6. The van der Waals surface area contributed by atoms with E-state index in [0.717, 1.165) is 17.4 Å². The minimum Gasteiger partial charge on any atom is -0.298 e. The first kappa shape index (κ1) is 13.1. The summed E-state index contributed by atoms with van der Waals surface area (Å²) in [5.74, 6) is -0.0692. The molecule has 0 saturated heterocycles. The lowest BCUT2D eigenvalue weighted by molar-refractivity contribution is 0.104. The van der Waals surface area contributed by atoms with Crippen LogP contribution in [-0.4, -0.2) is 18.6 Å². The zero-order chi connectivity index (χ0) is 14.8. The molecule has 0 aliphatic heterocycles. The van der Waals surface area contributed by atoms with Crippen LogP contribution in [-0.2, 0) is 6.42 Å². The van der Waals surface area contributed by atoms with Crippen LogP contribution in [0.5, 0.6) is 0 Å². The lowest BCUT2D eigenvalue weighted by Crippen LogP contribution is -2.03. The van der Waals surface area contributed by atoms with Gasteiger partial charge in [-0.15, -0.1) is 0 Å². The molecule has 2 aromatic carbocycles. The van der Waals surface area contributed by atoms with Gasteiger partial charge in [0, 0.05) is 33.7 Å². The van der Waals surface area contributed by atoms with Gasteiger partial charge in [0.25, 0.3) is 0 Å². The normalized spacial score (nSPS) is 11.5. The Labute approximate surface area is 120 Å². The van der Waals surface area contributed by atoms with E-state index in [1.165, 1.54) is 0 Å². The van der Waals surface area contributed by atoms with Crippen molar-refractivity contribution in [2.24, 2.45) is 5.11 Å². The number of rotatable bonds is 4. The summed E-state index contributed by atoms with van der Waals surface area (Å²) < 4.78 is 0. The third kappa shape index (κ3) is 2.00. The summed E-state index contributed by atoms with van der Waals surface area (Å²) in [7, 11) is 0. The van der Waals surface area contributed by atoms with Crippen LogP contribution in [0.4, 0.5) is 0 Å². The van der Waals surface area contributed by atoms with Gasteiger partial charge in [-0.2, -0.15) is 0 Å². The number of aldehydes is 1. The fourth-order valence-electron chi connectivity index (χ4n) is 2.77. The van der Waals surface area contributed by atoms with E-state index in [0.29, 0.717) is 28.7 Å². The minimum absolute atomic E-state index is 0.0692. The summed E-state index contributed by atoms with van der Waals surface area (Å²) in [4.78, 5) is 26.6. The number of ketones is 1. The molecule has 0 saturated carbocycles. The Balaban J connectivity index is 2.21. The highest BCUT2D eigenvalue weighted by atomic mass is 16.1. The van der Waals surface area contributed by atoms with E-state index in [9.17, 15) is 9.59 Å². The van der Waals surface area contributed by atoms with Crippen LogP contribution < -0.4 is 0 Å². The molecule has 2 aromatic rings. The van der Waals surface area contributed by atoms with Gasteiger partial charge in [0.1, 0.15) is 0 Å². The number of carbonyl (C=O) groups excluding carboxylic acids is 2. The van der Waals surface area contributed by atoms with E-state index in [-0.39, 0.29) is 12.3 Å². The van der Waals surface area contributed by atoms with Gasteiger partial charge < -0.3 is 0 Å². The highest BCUT2D eigenvalue weighted by Gasteiger charge is 2.30. The summed E-state index contributed by atoms with van der Waals surface area (Å²) in [6.45, 7) is 0.285. The van der Waals surface area contributed by atoms with Crippen LogP contribution in [0.15, 0.2) is 41.5 Å². The van der Waals surface area contributed by atoms with Crippen molar-refractivity contribution in [3.63, 3.8) is 0 Å². The van der Waals surface area contributed by atoms with Crippen LogP contribution in [0, 0.1) is 0 Å². The standard InChI is InChI=1S/C16H11N3O2/c17-19-18-8-7-10-5-6-11(9-20)14-12-3-1-2-4-13(12)16(21)15(10)14/h1-6,9H,7-8H2. The van der Waals surface area contributed by atoms with Gasteiger partial charge in [-0.05, 0) is 23.1 Å². The molecule has 0 bridgehead atoms. The molecule has 1 aliphatic rings. The Morgan fingerprint density at radius 1 is 1.10 bits per heavy atom. The van der Waals surface area contributed by atoms with E-state index in [2.05, 4.69) is 10.0 Å². The minimum atomic E-state index is -0.0692. The number of nitrogens with zero attached hydrogens (tertiary/aromatic N) is 3. The predicted octanol–water partition coefficient (Wildman–Crippen LogP) is 3.56. The van der Waals surface area contributed by atoms with Crippen LogP contribution >= 0.6 is 0 Å². The fraction of sp³-hybridized carbons (Fsp3) is 0.125. The van der Waals surface area contributed by atoms with Crippen molar-refractivity contribution in [2.75, 3.05) is 6.54 Å².